The number of aryl methyl sites for hydroxylation is 1. The molecule has 0 spiro atoms. The van der Waals surface area contributed by atoms with Gasteiger partial charge >= 0.3 is 6.18 Å². The first-order chi connectivity index (χ1) is 12.4. The second-order valence-electron chi connectivity index (χ2n) is 5.59. The number of alkyl halides is 3. The number of amides is 1. The smallest absolute Gasteiger partial charge is 0.355 e. The van der Waals surface area contributed by atoms with E-state index in [2.05, 4.69) is 15.5 Å². The van der Waals surface area contributed by atoms with E-state index in [9.17, 15) is 18.0 Å². The van der Waals surface area contributed by atoms with Crippen LogP contribution in [0.4, 0.5) is 13.2 Å². The summed E-state index contributed by atoms with van der Waals surface area (Å²) in [6.07, 6.45) is -1.30. The first kappa shape index (κ1) is 17.7. The van der Waals surface area contributed by atoms with Gasteiger partial charge in [0.1, 0.15) is 5.56 Å². The number of aromatic nitrogens is 2. The van der Waals surface area contributed by atoms with E-state index in [1.54, 1.807) is 31.5 Å². The Labute approximate surface area is 146 Å². The number of carbonyl (C=O) groups is 1. The number of nitrogens with zero attached hydrogens (tertiary/aromatic N) is 2. The fourth-order valence-corrected chi connectivity index (χ4v) is 2.44. The SMILES string of the molecule is Cc1noc(-c2cccc(C(F)(F)F)c2)c1C(=O)NCc1ccncc1. The fraction of sp³-hybridized carbons (Fsp3) is 0.167. The van der Waals surface area contributed by atoms with E-state index in [0.29, 0.717) is 5.69 Å². The zero-order chi connectivity index (χ0) is 18.7. The number of nitrogens with one attached hydrogen (secondary N) is 1. The van der Waals surface area contributed by atoms with Gasteiger partial charge < -0.3 is 9.84 Å². The molecule has 0 fully saturated rings. The lowest BCUT2D eigenvalue weighted by Crippen LogP contribution is -2.23. The van der Waals surface area contributed by atoms with Crippen molar-refractivity contribution in [3.8, 4) is 11.3 Å². The molecule has 134 valence electrons. The Morgan fingerprint density at radius 2 is 1.92 bits per heavy atom. The molecule has 1 amide bonds. The predicted octanol–water partition coefficient (Wildman–Crippen LogP) is 3.99. The number of carbonyl (C=O) groups excluding carboxylic acids is 1. The van der Waals surface area contributed by atoms with Crippen LogP contribution in [-0.4, -0.2) is 16.0 Å². The highest BCUT2D eigenvalue weighted by Gasteiger charge is 2.31. The monoisotopic (exact) mass is 361 g/mol. The molecule has 26 heavy (non-hydrogen) atoms. The van der Waals surface area contributed by atoms with Crippen LogP contribution < -0.4 is 5.32 Å². The van der Waals surface area contributed by atoms with Crippen LogP contribution in [0.15, 0.2) is 53.3 Å². The van der Waals surface area contributed by atoms with E-state index in [1.807, 2.05) is 0 Å². The Bertz CT molecular complexity index is 921. The summed E-state index contributed by atoms with van der Waals surface area (Å²) in [6, 6.07) is 8.07. The highest BCUT2D eigenvalue weighted by atomic mass is 19.4. The minimum Gasteiger partial charge on any atom is -0.355 e. The van der Waals surface area contributed by atoms with Crippen LogP contribution >= 0.6 is 0 Å². The highest BCUT2D eigenvalue weighted by Crippen LogP contribution is 2.33. The van der Waals surface area contributed by atoms with Crippen LogP contribution in [0.2, 0.25) is 0 Å². The first-order valence-electron chi connectivity index (χ1n) is 7.67. The van der Waals surface area contributed by atoms with Crippen LogP contribution in [0.25, 0.3) is 11.3 Å². The van der Waals surface area contributed by atoms with Gasteiger partial charge in [0.15, 0.2) is 5.76 Å². The van der Waals surface area contributed by atoms with Crippen LogP contribution in [0.5, 0.6) is 0 Å². The summed E-state index contributed by atoms with van der Waals surface area (Å²) in [7, 11) is 0. The molecule has 1 N–H and O–H groups in total. The lowest BCUT2D eigenvalue weighted by atomic mass is 10.0. The summed E-state index contributed by atoms with van der Waals surface area (Å²) >= 11 is 0. The Hall–Kier alpha value is -3.16. The van der Waals surface area contributed by atoms with E-state index in [1.165, 1.54) is 12.1 Å². The zero-order valence-electron chi connectivity index (χ0n) is 13.7. The molecule has 2 heterocycles. The second-order valence-corrected chi connectivity index (χ2v) is 5.59. The number of rotatable bonds is 4. The second kappa shape index (κ2) is 6.99. The summed E-state index contributed by atoms with van der Waals surface area (Å²) < 4.78 is 43.9. The van der Waals surface area contributed by atoms with E-state index < -0.39 is 17.6 Å². The number of hydrogen-bond donors (Lipinski definition) is 1. The van der Waals surface area contributed by atoms with Gasteiger partial charge in [-0.3, -0.25) is 9.78 Å². The Kier molecular flexibility index (Phi) is 4.75. The Morgan fingerprint density at radius 1 is 1.19 bits per heavy atom. The lowest BCUT2D eigenvalue weighted by Gasteiger charge is -2.09. The minimum absolute atomic E-state index is 0.000767. The zero-order valence-corrected chi connectivity index (χ0v) is 13.7. The van der Waals surface area contributed by atoms with Crippen molar-refractivity contribution < 1.29 is 22.5 Å². The molecule has 5 nitrogen and oxygen atoms in total. The summed E-state index contributed by atoms with van der Waals surface area (Å²) in [6.45, 7) is 1.80. The molecule has 0 saturated heterocycles. The van der Waals surface area contributed by atoms with Gasteiger partial charge in [-0.2, -0.15) is 13.2 Å². The van der Waals surface area contributed by atoms with Crippen molar-refractivity contribution in [2.45, 2.75) is 19.6 Å². The average Bonchev–Trinajstić information content (AvgIpc) is 3.01. The molecule has 0 aliphatic rings. The third kappa shape index (κ3) is 3.74. The fourth-order valence-electron chi connectivity index (χ4n) is 2.44. The molecular weight excluding hydrogens is 347 g/mol. The van der Waals surface area contributed by atoms with Crippen LogP contribution in [-0.2, 0) is 12.7 Å². The van der Waals surface area contributed by atoms with E-state index >= 15 is 0 Å². The Morgan fingerprint density at radius 3 is 2.62 bits per heavy atom. The van der Waals surface area contributed by atoms with Gasteiger partial charge in [0.05, 0.1) is 11.3 Å². The Balaban J connectivity index is 1.88. The van der Waals surface area contributed by atoms with Crippen molar-refractivity contribution in [2.24, 2.45) is 0 Å². The van der Waals surface area contributed by atoms with Crippen molar-refractivity contribution in [3.63, 3.8) is 0 Å². The average molecular weight is 361 g/mol. The van der Waals surface area contributed by atoms with Crippen LogP contribution in [0.1, 0.15) is 27.2 Å². The highest BCUT2D eigenvalue weighted by molar-refractivity contribution is 6.00. The maximum atomic E-state index is 12.9. The molecule has 0 bridgehead atoms. The van der Waals surface area contributed by atoms with E-state index in [4.69, 9.17) is 4.52 Å². The van der Waals surface area contributed by atoms with E-state index in [0.717, 1.165) is 17.7 Å². The minimum atomic E-state index is -4.49. The van der Waals surface area contributed by atoms with Crippen molar-refractivity contribution in [1.29, 1.82) is 0 Å². The van der Waals surface area contributed by atoms with Gasteiger partial charge in [-0.25, -0.2) is 0 Å². The van der Waals surface area contributed by atoms with Crippen molar-refractivity contribution in [1.82, 2.24) is 15.5 Å². The van der Waals surface area contributed by atoms with Gasteiger partial charge in [-0.15, -0.1) is 0 Å². The third-order valence-electron chi connectivity index (χ3n) is 3.74. The third-order valence-corrected chi connectivity index (χ3v) is 3.74. The van der Waals surface area contributed by atoms with Crippen molar-refractivity contribution in [2.75, 3.05) is 0 Å². The maximum absolute atomic E-state index is 12.9. The molecule has 1 aromatic carbocycles. The molecule has 8 heteroatoms. The molecule has 3 aromatic rings. The van der Waals surface area contributed by atoms with Gasteiger partial charge in [0, 0.05) is 24.5 Å². The van der Waals surface area contributed by atoms with Crippen LogP contribution in [0, 0.1) is 6.92 Å². The lowest BCUT2D eigenvalue weighted by molar-refractivity contribution is -0.137. The summed E-state index contributed by atoms with van der Waals surface area (Å²) in [5, 5.41) is 6.44. The van der Waals surface area contributed by atoms with Crippen molar-refractivity contribution in [3.05, 3.63) is 71.2 Å². The predicted molar refractivity (Wildman–Crippen MR) is 87.1 cm³/mol. The molecule has 0 aliphatic heterocycles. The number of pyridine rings is 1. The topological polar surface area (TPSA) is 68.0 Å². The van der Waals surface area contributed by atoms with Gasteiger partial charge in [0.2, 0.25) is 0 Å². The molecule has 0 saturated carbocycles. The molecule has 0 unspecified atom stereocenters. The molecule has 0 aliphatic carbocycles. The standard InChI is InChI=1S/C18H14F3N3O2/c1-11-15(17(25)23-10-12-5-7-22-8-6-12)16(26-24-11)13-3-2-4-14(9-13)18(19,20)21/h2-9H,10H2,1H3,(H,23,25). The summed E-state index contributed by atoms with van der Waals surface area (Å²) in [4.78, 5) is 16.4. The molecule has 0 atom stereocenters. The largest absolute Gasteiger partial charge is 0.416 e. The number of halogens is 3. The summed E-state index contributed by atoms with van der Waals surface area (Å²) in [5.41, 5.74) is 0.549. The molecule has 3 rings (SSSR count). The number of benzene rings is 1. The quantitative estimate of drug-likeness (QED) is 0.763. The van der Waals surface area contributed by atoms with Crippen LogP contribution in [0.3, 0.4) is 0 Å². The van der Waals surface area contributed by atoms with Crippen molar-refractivity contribution >= 4 is 5.91 Å². The normalized spacial score (nSPS) is 11.4. The maximum Gasteiger partial charge on any atom is 0.416 e. The molecule has 2 aromatic heterocycles. The summed E-state index contributed by atoms with van der Waals surface area (Å²) in [5.74, 6) is -0.478. The first-order valence-corrected chi connectivity index (χ1v) is 7.67. The van der Waals surface area contributed by atoms with Gasteiger partial charge in [-0.1, -0.05) is 17.3 Å². The molecule has 0 radical (unpaired) electrons. The van der Waals surface area contributed by atoms with E-state index in [-0.39, 0.29) is 23.4 Å². The number of hydrogen-bond acceptors (Lipinski definition) is 4. The van der Waals surface area contributed by atoms with Gasteiger partial charge in [-0.05, 0) is 36.8 Å². The molecular formula is C18H14F3N3O2. The van der Waals surface area contributed by atoms with Gasteiger partial charge in [0.25, 0.3) is 5.91 Å².